The van der Waals surface area contributed by atoms with Crippen LogP contribution in [0.1, 0.15) is 18.9 Å². The molecule has 0 aromatic heterocycles. The third-order valence-corrected chi connectivity index (χ3v) is 5.12. The van der Waals surface area contributed by atoms with Crippen LogP contribution in [0.15, 0.2) is 42.5 Å². The number of carbonyl (C=O) groups is 2. The zero-order chi connectivity index (χ0) is 19.7. The summed E-state index contributed by atoms with van der Waals surface area (Å²) in [5.74, 6) is 0.0791. The van der Waals surface area contributed by atoms with Crippen LogP contribution in [0.4, 0.5) is 10.1 Å². The van der Waals surface area contributed by atoms with E-state index < -0.39 is 11.7 Å². The molecule has 146 valence electrons. The highest BCUT2D eigenvalue weighted by molar-refractivity contribution is 6.00. The van der Waals surface area contributed by atoms with E-state index in [0.29, 0.717) is 24.6 Å². The van der Waals surface area contributed by atoms with Crippen molar-refractivity contribution in [3.8, 4) is 11.5 Å². The number of hydrogen-bond acceptors (Lipinski definition) is 4. The molecule has 1 fully saturated rings. The van der Waals surface area contributed by atoms with Crippen molar-refractivity contribution >= 4 is 17.5 Å². The van der Waals surface area contributed by atoms with Crippen molar-refractivity contribution in [1.29, 1.82) is 0 Å². The van der Waals surface area contributed by atoms with E-state index in [1.165, 1.54) is 11.0 Å². The average molecular weight is 384 g/mol. The quantitative estimate of drug-likeness (QED) is 0.795. The molecule has 2 amide bonds. The summed E-state index contributed by atoms with van der Waals surface area (Å²) in [5, 5.41) is 0. The first-order valence-corrected chi connectivity index (χ1v) is 9.29. The second-order valence-electron chi connectivity index (χ2n) is 6.90. The van der Waals surface area contributed by atoms with Crippen LogP contribution in [-0.4, -0.2) is 36.6 Å². The standard InChI is InChI=1S/C21H21FN2O4/c1-2-23(11-14-7-8-18-19(9-14)28-13-27-18)21(26)15-10-20(25)24(12-15)17-6-4-3-5-16(17)22/h3-9,15H,2,10-13H2,1H3/t15-/m0/s1. The molecule has 2 heterocycles. The van der Waals surface area contributed by atoms with Crippen LogP contribution < -0.4 is 14.4 Å². The molecule has 28 heavy (non-hydrogen) atoms. The molecule has 4 rings (SSSR count). The highest BCUT2D eigenvalue weighted by Crippen LogP contribution is 2.33. The smallest absolute Gasteiger partial charge is 0.231 e. The Kier molecular flexibility index (Phi) is 4.90. The summed E-state index contributed by atoms with van der Waals surface area (Å²) in [7, 11) is 0. The number of para-hydroxylation sites is 1. The monoisotopic (exact) mass is 384 g/mol. The van der Waals surface area contributed by atoms with Crippen molar-refractivity contribution in [2.24, 2.45) is 5.92 Å². The highest BCUT2D eigenvalue weighted by atomic mass is 19.1. The van der Waals surface area contributed by atoms with E-state index in [2.05, 4.69) is 0 Å². The average Bonchev–Trinajstić information content (AvgIpc) is 3.32. The molecule has 0 saturated carbocycles. The minimum atomic E-state index is -0.485. The van der Waals surface area contributed by atoms with Gasteiger partial charge in [0.2, 0.25) is 18.6 Å². The number of rotatable bonds is 5. The number of hydrogen-bond donors (Lipinski definition) is 0. The fourth-order valence-electron chi connectivity index (χ4n) is 3.64. The van der Waals surface area contributed by atoms with Gasteiger partial charge in [-0.2, -0.15) is 0 Å². The Labute approximate surface area is 162 Å². The van der Waals surface area contributed by atoms with Crippen molar-refractivity contribution in [1.82, 2.24) is 4.90 Å². The molecule has 6 nitrogen and oxygen atoms in total. The van der Waals surface area contributed by atoms with Gasteiger partial charge >= 0.3 is 0 Å². The number of fused-ring (bicyclic) bond motifs is 1. The Morgan fingerprint density at radius 3 is 2.79 bits per heavy atom. The first-order chi connectivity index (χ1) is 13.6. The maximum Gasteiger partial charge on any atom is 0.231 e. The molecule has 2 aliphatic heterocycles. The van der Waals surface area contributed by atoms with E-state index in [-0.39, 0.29) is 37.3 Å². The molecule has 0 spiro atoms. The molecule has 0 N–H and O–H groups in total. The molecule has 7 heteroatoms. The van der Waals surface area contributed by atoms with Crippen molar-refractivity contribution in [3.63, 3.8) is 0 Å². The molecule has 2 aliphatic rings. The maximum absolute atomic E-state index is 14.1. The molecular formula is C21H21FN2O4. The van der Waals surface area contributed by atoms with Gasteiger partial charge in [0.25, 0.3) is 0 Å². The predicted octanol–water partition coefficient (Wildman–Crippen LogP) is 2.96. The van der Waals surface area contributed by atoms with Crippen LogP contribution >= 0.6 is 0 Å². The first-order valence-electron chi connectivity index (χ1n) is 9.29. The van der Waals surface area contributed by atoms with E-state index in [9.17, 15) is 14.0 Å². The normalized spacial score (nSPS) is 17.9. The van der Waals surface area contributed by atoms with Crippen molar-refractivity contribution in [2.75, 3.05) is 24.8 Å². The first kappa shape index (κ1) is 18.3. The summed E-state index contributed by atoms with van der Waals surface area (Å²) in [6.45, 7) is 3.21. The van der Waals surface area contributed by atoms with Crippen molar-refractivity contribution in [2.45, 2.75) is 19.9 Å². The van der Waals surface area contributed by atoms with Gasteiger partial charge in [-0.25, -0.2) is 4.39 Å². The largest absolute Gasteiger partial charge is 0.454 e. The summed E-state index contributed by atoms with van der Waals surface area (Å²) >= 11 is 0. The summed E-state index contributed by atoms with van der Waals surface area (Å²) in [6, 6.07) is 11.7. The van der Waals surface area contributed by atoms with Gasteiger partial charge in [-0.3, -0.25) is 9.59 Å². The van der Waals surface area contributed by atoms with E-state index in [0.717, 1.165) is 5.56 Å². The van der Waals surface area contributed by atoms with Crippen LogP contribution in [-0.2, 0) is 16.1 Å². The molecule has 1 saturated heterocycles. The molecular weight excluding hydrogens is 363 g/mol. The van der Waals surface area contributed by atoms with Gasteiger partial charge in [0.15, 0.2) is 11.5 Å². The van der Waals surface area contributed by atoms with E-state index in [1.54, 1.807) is 23.1 Å². The molecule has 2 aromatic carbocycles. The second-order valence-corrected chi connectivity index (χ2v) is 6.90. The van der Waals surface area contributed by atoms with Crippen LogP contribution in [0.3, 0.4) is 0 Å². The van der Waals surface area contributed by atoms with Gasteiger partial charge in [-0.1, -0.05) is 18.2 Å². The van der Waals surface area contributed by atoms with Gasteiger partial charge in [-0.05, 0) is 36.8 Å². The number of carbonyl (C=O) groups excluding carboxylic acids is 2. The van der Waals surface area contributed by atoms with E-state index in [4.69, 9.17) is 9.47 Å². The minimum absolute atomic E-state index is 0.0881. The lowest BCUT2D eigenvalue weighted by molar-refractivity contribution is -0.136. The summed E-state index contributed by atoms with van der Waals surface area (Å²) < 4.78 is 24.8. The Hall–Kier alpha value is -3.09. The number of anilines is 1. The highest BCUT2D eigenvalue weighted by Gasteiger charge is 2.37. The lowest BCUT2D eigenvalue weighted by Crippen LogP contribution is -2.37. The number of amides is 2. The number of nitrogens with zero attached hydrogens (tertiary/aromatic N) is 2. The van der Waals surface area contributed by atoms with E-state index in [1.807, 2.05) is 25.1 Å². The zero-order valence-corrected chi connectivity index (χ0v) is 15.6. The number of benzene rings is 2. The summed E-state index contributed by atoms with van der Waals surface area (Å²) in [4.78, 5) is 28.5. The SMILES string of the molecule is CCN(Cc1ccc2c(c1)OCO2)C(=O)[C@H]1CC(=O)N(c2ccccc2F)C1. The Balaban J connectivity index is 1.47. The van der Waals surface area contributed by atoms with Gasteiger partial charge in [0.1, 0.15) is 5.82 Å². The van der Waals surface area contributed by atoms with Gasteiger partial charge in [0.05, 0.1) is 11.6 Å². The second kappa shape index (κ2) is 7.50. The van der Waals surface area contributed by atoms with E-state index >= 15 is 0 Å². The Morgan fingerprint density at radius 1 is 1.21 bits per heavy atom. The van der Waals surface area contributed by atoms with Crippen LogP contribution in [0.2, 0.25) is 0 Å². The van der Waals surface area contributed by atoms with Gasteiger partial charge in [-0.15, -0.1) is 0 Å². The maximum atomic E-state index is 14.1. The topological polar surface area (TPSA) is 59.1 Å². The Morgan fingerprint density at radius 2 is 2.00 bits per heavy atom. The summed E-state index contributed by atoms with van der Waals surface area (Å²) in [6.07, 6.45) is 0.0881. The van der Waals surface area contributed by atoms with Gasteiger partial charge < -0.3 is 19.3 Å². The molecule has 0 bridgehead atoms. The van der Waals surface area contributed by atoms with Crippen molar-refractivity contribution in [3.05, 3.63) is 53.8 Å². The lowest BCUT2D eigenvalue weighted by Gasteiger charge is -2.24. The molecule has 0 radical (unpaired) electrons. The van der Waals surface area contributed by atoms with Gasteiger partial charge in [0, 0.05) is 26.1 Å². The lowest BCUT2D eigenvalue weighted by atomic mass is 10.1. The molecule has 0 unspecified atom stereocenters. The molecule has 1 atom stereocenters. The van der Waals surface area contributed by atoms with Crippen LogP contribution in [0.25, 0.3) is 0 Å². The third-order valence-electron chi connectivity index (χ3n) is 5.12. The van der Waals surface area contributed by atoms with Crippen molar-refractivity contribution < 1.29 is 23.5 Å². The van der Waals surface area contributed by atoms with Crippen LogP contribution in [0.5, 0.6) is 11.5 Å². The fourth-order valence-corrected chi connectivity index (χ4v) is 3.64. The number of ether oxygens (including phenoxy) is 2. The fraction of sp³-hybridized carbons (Fsp3) is 0.333. The third kappa shape index (κ3) is 3.40. The Bertz CT molecular complexity index is 917. The number of halogens is 1. The molecule has 0 aliphatic carbocycles. The summed E-state index contributed by atoms with van der Waals surface area (Å²) in [5.41, 5.74) is 1.15. The zero-order valence-electron chi connectivity index (χ0n) is 15.6. The molecule has 2 aromatic rings. The minimum Gasteiger partial charge on any atom is -0.454 e. The van der Waals surface area contributed by atoms with Crippen LogP contribution in [0, 0.1) is 11.7 Å². The predicted molar refractivity (Wildman–Crippen MR) is 101 cm³/mol.